The lowest BCUT2D eigenvalue weighted by Crippen LogP contribution is -2.34. The molecule has 0 unspecified atom stereocenters. The number of halogens is 1. The molecule has 0 spiro atoms. The maximum absolute atomic E-state index is 11.7. The molecule has 1 amide bonds. The van der Waals surface area contributed by atoms with E-state index < -0.39 is 0 Å². The maximum Gasteiger partial charge on any atom is 0.220 e. The molecule has 106 valence electrons. The van der Waals surface area contributed by atoms with Gasteiger partial charge in [0.05, 0.1) is 19.8 Å². The van der Waals surface area contributed by atoms with Crippen LogP contribution < -0.4 is 5.32 Å². The van der Waals surface area contributed by atoms with Gasteiger partial charge in [-0.1, -0.05) is 11.6 Å². The highest BCUT2D eigenvalue weighted by Crippen LogP contribution is 2.24. The van der Waals surface area contributed by atoms with Crippen molar-refractivity contribution in [1.29, 1.82) is 0 Å². The Hall–Kier alpha value is -1.52. The molecule has 0 bridgehead atoms. The Bertz CT molecular complexity index is 608. The molecule has 5 heteroatoms. The molecule has 2 heterocycles. The Morgan fingerprint density at radius 2 is 2.25 bits per heavy atom. The lowest BCUT2D eigenvalue weighted by atomic mass is 10.0. The summed E-state index contributed by atoms with van der Waals surface area (Å²) in [6.07, 6.45) is 0.547. The minimum atomic E-state index is 0.0752. The monoisotopic (exact) mass is 292 g/mol. The van der Waals surface area contributed by atoms with Crippen molar-refractivity contribution in [1.82, 2.24) is 10.3 Å². The number of hydrogen-bond acceptors (Lipinski definition) is 2. The van der Waals surface area contributed by atoms with E-state index in [-0.39, 0.29) is 5.91 Å². The number of hydrogen-bond donors (Lipinski definition) is 2. The number of carbonyl (C=O) groups excluding carboxylic acids is 1. The van der Waals surface area contributed by atoms with E-state index in [2.05, 4.69) is 10.3 Å². The van der Waals surface area contributed by atoms with Crippen LogP contribution in [0.3, 0.4) is 0 Å². The first-order valence-electron chi connectivity index (χ1n) is 6.74. The van der Waals surface area contributed by atoms with Gasteiger partial charge in [-0.15, -0.1) is 0 Å². The fourth-order valence-corrected chi connectivity index (χ4v) is 2.52. The molecule has 4 nitrogen and oxygen atoms in total. The van der Waals surface area contributed by atoms with E-state index >= 15 is 0 Å². The summed E-state index contributed by atoms with van der Waals surface area (Å²) >= 11 is 6.11. The molecule has 3 rings (SSSR count). The van der Waals surface area contributed by atoms with E-state index in [1.165, 1.54) is 0 Å². The predicted octanol–water partition coefficient (Wildman–Crippen LogP) is 2.78. The Morgan fingerprint density at radius 3 is 2.95 bits per heavy atom. The minimum absolute atomic E-state index is 0.0752. The number of fused-ring (bicyclic) bond motifs is 1. The van der Waals surface area contributed by atoms with Crippen molar-refractivity contribution < 1.29 is 9.53 Å². The van der Waals surface area contributed by atoms with Crippen molar-refractivity contribution in [2.45, 2.75) is 19.9 Å². The molecule has 1 aromatic carbocycles. The van der Waals surface area contributed by atoms with Gasteiger partial charge in [0.25, 0.3) is 0 Å². The zero-order valence-corrected chi connectivity index (χ0v) is 12.1. The van der Waals surface area contributed by atoms with Crippen LogP contribution in [0.4, 0.5) is 0 Å². The zero-order valence-electron chi connectivity index (χ0n) is 11.3. The molecular weight excluding hydrogens is 276 g/mol. The fraction of sp³-hybridized carbons (Fsp3) is 0.400. The summed E-state index contributed by atoms with van der Waals surface area (Å²) in [7, 11) is 0. The second kappa shape index (κ2) is 5.46. The summed E-state index contributed by atoms with van der Waals surface area (Å²) in [6, 6.07) is 5.99. The van der Waals surface area contributed by atoms with Crippen LogP contribution >= 0.6 is 11.6 Å². The number of nitrogens with one attached hydrogen (secondary N) is 2. The molecule has 2 N–H and O–H groups in total. The number of aryl methyl sites for hydroxylation is 1. The third-order valence-corrected chi connectivity index (χ3v) is 4.02. The Labute approximate surface area is 122 Å². The van der Waals surface area contributed by atoms with Gasteiger partial charge in [-0.05, 0) is 30.7 Å². The molecule has 1 aliphatic rings. The van der Waals surface area contributed by atoms with Crippen molar-refractivity contribution in [2.24, 2.45) is 5.92 Å². The topological polar surface area (TPSA) is 54.1 Å². The van der Waals surface area contributed by atoms with Gasteiger partial charge in [-0.2, -0.15) is 0 Å². The molecule has 1 aromatic heterocycles. The van der Waals surface area contributed by atoms with Gasteiger partial charge in [0, 0.05) is 34.0 Å². The van der Waals surface area contributed by atoms with Crippen LogP contribution in [-0.4, -0.2) is 24.1 Å². The lowest BCUT2D eigenvalue weighted by Gasteiger charge is -2.25. The van der Waals surface area contributed by atoms with Crippen LogP contribution in [0.2, 0.25) is 5.02 Å². The van der Waals surface area contributed by atoms with Crippen molar-refractivity contribution in [3.63, 3.8) is 0 Å². The van der Waals surface area contributed by atoms with Crippen LogP contribution in [0, 0.1) is 12.8 Å². The molecule has 1 fully saturated rings. The molecule has 0 radical (unpaired) electrons. The van der Waals surface area contributed by atoms with Gasteiger partial charge in [0.15, 0.2) is 0 Å². The van der Waals surface area contributed by atoms with Crippen LogP contribution in [0.25, 0.3) is 10.9 Å². The SMILES string of the molecule is Cc1cc2[nH]c(CNC(=O)CC3COC3)cc2cc1Cl. The highest BCUT2D eigenvalue weighted by molar-refractivity contribution is 6.32. The smallest absolute Gasteiger partial charge is 0.220 e. The number of ether oxygens (including phenoxy) is 1. The summed E-state index contributed by atoms with van der Waals surface area (Å²) in [5.74, 6) is 0.463. The molecular formula is C15H17ClN2O2. The number of H-pyrrole nitrogens is 1. The van der Waals surface area contributed by atoms with Crippen molar-refractivity contribution in [3.05, 3.63) is 34.5 Å². The van der Waals surface area contributed by atoms with Crippen LogP contribution in [0.15, 0.2) is 18.2 Å². The number of aromatic amines is 1. The molecule has 0 saturated carbocycles. The molecule has 1 aliphatic heterocycles. The van der Waals surface area contributed by atoms with Crippen LogP contribution in [0.5, 0.6) is 0 Å². The van der Waals surface area contributed by atoms with Crippen molar-refractivity contribution in [2.75, 3.05) is 13.2 Å². The van der Waals surface area contributed by atoms with Crippen LogP contribution in [-0.2, 0) is 16.1 Å². The summed E-state index contributed by atoms with van der Waals surface area (Å²) in [5, 5.41) is 4.76. The van der Waals surface area contributed by atoms with Crippen LogP contribution in [0.1, 0.15) is 17.7 Å². The zero-order chi connectivity index (χ0) is 14.1. The molecule has 20 heavy (non-hydrogen) atoms. The maximum atomic E-state index is 11.7. The molecule has 0 atom stereocenters. The second-order valence-electron chi connectivity index (χ2n) is 5.37. The highest BCUT2D eigenvalue weighted by atomic mass is 35.5. The quantitative estimate of drug-likeness (QED) is 0.910. The van der Waals surface area contributed by atoms with E-state index in [0.29, 0.717) is 32.1 Å². The summed E-state index contributed by atoms with van der Waals surface area (Å²) in [4.78, 5) is 15.0. The van der Waals surface area contributed by atoms with E-state index in [9.17, 15) is 4.79 Å². The Balaban J connectivity index is 1.63. The van der Waals surface area contributed by atoms with Gasteiger partial charge >= 0.3 is 0 Å². The number of amides is 1. The first-order chi connectivity index (χ1) is 9.61. The van der Waals surface area contributed by atoms with Gasteiger partial charge in [-0.25, -0.2) is 0 Å². The Kier molecular flexibility index (Phi) is 3.68. The third kappa shape index (κ3) is 2.81. The largest absolute Gasteiger partial charge is 0.381 e. The standard InChI is InChI=1S/C15H17ClN2O2/c1-9-2-14-11(5-13(9)16)4-12(18-14)6-17-15(19)3-10-7-20-8-10/h2,4-5,10,18H,3,6-8H2,1H3,(H,17,19). The lowest BCUT2D eigenvalue weighted by molar-refractivity contribution is -0.126. The summed E-state index contributed by atoms with van der Waals surface area (Å²) < 4.78 is 5.06. The number of aromatic nitrogens is 1. The van der Waals surface area contributed by atoms with Gasteiger partial charge in [0.2, 0.25) is 5.91 Å². The highest BCUT2D eigenvalue weighted by Gasteiger charge is 2.21. The van der Waals surface area contributed by atoms with E-state index in [0.717, 1.165) is 27.2 Å². The number of rotatable bonds is 4. The molecule has 1 saturated heterocycles. The fourth-order valence-electron chi connectivity index (χ4n) is 2.35. The van der Waals surface area contributed by atoms with Gasteiger partial charge in [-0.3, -0.25) is 4.79 Å². The normalized spacial score (nSPS) is 15.3. The first kappa shape index (κ1) is 13.5. The van der Waals surface area contributed by atoms with E-state index in [1.807, 2.05) is 25.1 Å². The summed E-state index contributed by atoms with van der Waals surface area (Å²) in [6.45, 7) is 3.90. The molecule has 0 aliphatic carbocycles. The number of benzene rings is 1. The average Bonchev–Trinajstić information content (AvgIpc) is 2.74. The number of carbonyl (C=O) groups is 1. The average molecular weight is 293 g/mol. The van der Waals surface area contributed by atoms with E-state index in [1.54, 1.807) is 0 Å². The minimum Gasteiger partial charge on any atom is -0.381 e. The van der Waals surface area contributed by atoms with Crippen molar-refractivity contribution >= 4 is 28.4 Å². The first-order valence-corrected chi connectivity index (χ1v) is 7.12. The predicted molar refractivity (Wildman–Crippen MR) is 78.8 cm³/mol. The Morgan fingerprint density at radius 1 is 1.45 bits per heavy atom. The molecule has 2 aromatic rings. The van der Waals surface area contributed by atoms with E-state index in [4.69, 9.17) is 16.3 Å². The summed E-state index contributed by atoms with van der Waals surface area (Å²) in [5.41, 5.74) is 3.07. The van der Waals surface area contributed by atoms with Crippen molar-refractivity contribution in [3.8, 4) is 0 Å². The van der Waals surface area contributed by atoms with Gasteiger partial charge < -0.3 is 15.0 Å². The van der Waals surface area contributed by atoms with Gasteiger partial charge in [0.1, 0.15) is 0 Å². The second-order valence-corrected chi connectivity index (χ2v) is 5.77. The third-order valence-electron chi connectivity index (χ3n) is 3.61.